The Bertz CT molecular complexity index is 676. The van der Waals surface area contributed by atoms with E-state index in [0.29, 0.717) is 0 Å². The summed E-state index contributed by atoms with van der Waals surface area (Å²) in [6.07, 6.45) is -4.59. The van der Waals surface area contributed by atoms with Crippen LogP contribution in [0, 0.1) is 12.7 Å². The molecule has 100 valence electrons. The van der Waals surface area contributed by atoms with Crippen LogP contribution in [0.1, 0.15) is 11.3 Å². The van der Waals surface area contributed by atoms with E-state index in [1.54, 1.807) is 0 Å². The number of nitrogens with one attached hydrogen (secondary N) is 1. The van der Waals surface area contributed by atoms with Crippen molar-refractivity contribution in [1.29, 1.82) is 0 Å². The third-order valence-corrected chi connectivity index (χ3v) is 2.52. The van der Waals surface area contributed by atoms with Gasteiger partial charge in [0.15, 0.2) is 0 Å². The van der Waals surface area contributed by atoms with Gasteiger partial charge in [-0.2, -0.15) is 17.6 Å². The number of benzene rings is 1. The van der Waals surface area contributed by atoms with Gasteiger partial charge in [-0.1, -0.05) is 18.2 Å². The van der Waals surface area contributed by atoms with Crippen LogP contribution in [-0.2, 0) is 6.18 Å². The molecule has 1 aromatic heterocycles. The summed E-state index contributed by atoms with van der Waals surface area (Å²) in [6, 6.07) is 4.64. The van der Waals surface area contributed by atoms with Crippen LogP contribution in [0.25, 0.3) is 11.4 Å². The van der Waals surface area contributed by atoms with Gasteiger partial charge in [-0.05, 0) is 13.0 Å². The first-order valence-corrected chi connectivity index (χ1v) is 5.23. The van der Waals surface area contributed by atoms with E-state index >= 15 is 0 Å². The molecule has 1 N–H and O–H groups in total. The van der Waals surface area contributed by atoms with Gasteiger partial charge in [-0.25, -0.2) is 4.98 Å². The highest BCUT2D eigenvalue weighted by molar-refractivity contribution is 5.61. The first-order chi connectivity index (χ1) is 8.80. The van der Waals surface area contributed by atoms with Gasteiger partial charge in [0.05, 0.1) is 11.3 Å². The number of aromatic amines is 1. The number of aryl methyl sites for hydroxylation is 1. The zero-order chi connectivity index (χ0) is 14.2. The predicted molar refractivity (Wildman–Crippen MR) is 60.0 cm³/mol. The number of H-pyrrole nitrogens is 1. The molecule has 0 unspecified atom stereocenters. The molecule has 0 amide bonds. The Balaban J connectivity index is 2.70. The summed E-state index contributed by atoms with van der Waals surface area (Å²) in [5.41, 5.74) is -2.59. The van der Waals surface area contributed by atoms with Crippen LogP contribution < -0.4 is 5.56 Å². The van der Waals surface area contributed by atoms with Crippen molar-refractivity contribution in [3.8, 4) is 11.4 Å². The molecule has 7 heteroatoms. The normalized spacial score (nSPS) is 11.6. The maximum absolute atomic E-state index is 13.1. The molecule has 0 aliphatic heterocycles. The lowest BCUT2D eigenvalue weighted by Crippen LogP contribution is -2.17. The molecule has 2 aromatic rings. The van der Waals surface area contributed by atoms with E-state index in [2.05, 4.69) is 4.98 Å². The van der Waals surface area contributed by atoms with Crippen LogP contribution in [0.4, 0.5) is 17.6 Å². The number of hydrogen-bond acceptors (Lipinski definition) is 2. The fraction of sp³-hybridized carbons (Fsp3) is 0.167. The molecule has 0 spiro atoms. The summed E-state index contributed by atoms with van der Waals surface area (Å²) in [5.74, 6) is -1.41. The Labute approximate surface area is 104 Å². The van der Waals surface area contributed by atoms with E-state index in [-0.39, 0.29) is 17.1 Å². The second-order valence-corrected chi connectivity index (χ2v) is 3.86. The second-order valence-electron chi connectivity index (χ2n) is 3.86. The summed E-state index contributed by atoms with van der Waals surface area (Å²) in [6.45, 7) is 1.21. The first kappa shape index (κ1) is 13.3. The van der Waals surface area contributed by atoms with E-state index in [4.69, 9.17) is 0 Å². The van der Waals surface area contributed by atoms with Crippen LogP contribution in [-0.4, -0.2) is 9.97 Å². The molecule has 0 bridgehead atoms. The van der Waals surface area contributed by atoms with Crippen molar-refractivity contribution in [3.63, 3.8) is 0 Å². The van der Waals surface area contributed by atoms with Crippen molar-refractivity contribution in [3.05, 3.63) is 51.7 Å². The minimum atomic E-state index is -4.59. The Morgan fingerprint density at radius 1 is 1.21 bits per heavy atom. The number of halogens is 4. The number of hydrogen-bond donors (Lipinski definition) is 1. The number of rotatable bonds is 1. The van der Waals surface area contributed by atoms with E-state index < -0.39 is 23.1 Å². The average Bonchev–Trinajstić information content (AvgIpc) is 2.34. The summed E-state index contributed by atoms with van der Waals surface area (Å²) in [4.78, 5) is 16.9. The minimum absolute atomic E-state index is 0.254. The van der Waals surface area contributed by atoms with E-state index in [1.165, 1.54) is 25.1 Å². The van der Waals surface area contributed by atoms with Gasteiger partial charge in [-0.3, -0.25) is 4.79 Å². The first-order valence-electron chi connectivity index (χ1n) is 5.23. The van der Waals surface area contributed by atoms with Gasteiger partial charge in [0, 0.05) is 5.56 Å². The van der Waals surface area contributed by atoms with Crippen molar-refractivity contribution in [2.45, 2.75) is 13.1 Å². The molecular formula is C12H8F4N2O. The molecule has 2 rings (SSSR count). The van der Waals surface area contributed by atoms with Crippen LogP contribution in [0.5, 0.6) is 0 Å². The zero-order valence-corrected chi connectivity index (χ0v) is 9.68. The molecule has 3 nitrogen and oxygen atoms in total. The number of aromatic nitrogens is 2. The summed E-state index contributed by atoms with van der Waals surface area (Å²) in [7, 11) is 0. The molecule has 0 saturated heterocycles. The van der Waals surface area contributed by atoms with Crippen molar-refractivity contribution in [2.75, 3.05) is 0 Å². The monoisotopic (exact) mass is 272 g/mol. The average molecular weight is 272 g/mol. The van der Waals surface area contributed by atoms with Crippen LogP contribution in [0.3, 0.4) is 0 Å². The van der Waals surface area contributed by atoms with Crippen LogP contribution >= 0.6 is 0 Å². The SMILES string of the molecule is Cc1nc(-c2ccccc2C(F)(F)F)[nH]c(=O)c1F. The van der Waals surface area contributed by atoms with Crippen molar-refractivity contribution in [2.24, 2.45) is 0 Å². The van der Waals surface area contributed by atoms with Crippen LogP contribution in [0.15, 0.2) is 29.1 Å². The topological polar surface area (TPSA) is 45.8 Å². The quantitative estimate of drug-likeness (QED) is 0.811. The highest BCUT2D eigenvalue weighted by Crippen LogP contribution is 2.35. The van der Waals surface area contributed by atoms with E-state index in [1.807, 2.05) is 4.98 Å². The van der Waals surface area contributed by atoms with Crippen molar-refractivity contribution >= 4 is 0 Å². The molecule has 0 atom stereocenters. The lowest BCUT2D eigenvalue weighted by atomic mass is 10.1. The zero-order valence-electron chi connectivity index (χ0n) is 9.68. The standard InChI is InChI=1S/C12H8F4N2O/c1-6-9(13)11(19)18-10(17-6)7-4-2-3-5-8(7)12(14,15)16/h2-5H,1H3,(H,17,18,19). The fourth-order valence-corrected chi connectivity index (χ4v) is 1.64. The smallest absolute Gasteiger partial charge is 0.304 e. The molecular weight excluding hydrogens is 264 g/mol. The number of nitrogens with zero attached hydrogens (tertiary/aromatic N) is 1. The largest absolute Gasteiger partial charge is 0.417 e. The second kappa shape index (κ2) is 4.49. The van der Waals surface area contributed by atoms with Gasteiger partial charge in [-0.15, -0.1) is 0 Å². The molecule has 0 saturated carbocycles. The number of alkyl halides is 3. The summed E-state index contributed by atoms with van der Waals surface area (Å²) in [5, 5.41) is 0. The van der Waals surface area contributed by atoms with E-state index in [0.717, 1.165) is 6.07 Å². The Morgan fingerprint density at radius 2 is 1.84 bits per heavy atom. The van der Waals surface area contributed by atoms with Crippen LogP contribution in [0.2, 0.25) is 0 Å². The predicted octanol–water partition coefficient (Wildman–Crippen LogP) is 2.90. The van der Waals surface area contributed by atoms with E-state index in [9.17, 15) is 22.4 Å². The lowest BCUT2D eigenvalue weighted by Gasteiger charge is -2.12. The van der Waals surface area contributed by atoms with Gasteiger partial charge >= 0.3 is 6.18 Å². The molecule has 0 radical (unpaired) electrons. The Hall–Kier alpha value is -2.18. The molecule has 0 aliphatic carbocycles. The van der Waals surface area contributed by atoms with Gasteiger partial charge < -0.3 is 4.98 Å². The third kappa shape index (κ3) is 2.49. The van der Waals surface area contributed by atoms with Gasteiger partial charge in [0.2, 0.25) is 5.82 Å². The molecule has 1 aromatic carbocycles. The molecule has 0 fully saturated rings. The maximum atomic E-state index is 13.1. The lowest BCUT2D eigenvalue weighted by molar-refractivity contribution is -0.137. The molecule has 0 aliphatic rings. The summed E-state index contributed by atoms with van der Waals surface area (Å²) < 4.78 is 51.6. The third-order valence-electron chi connectivity index (χ3n) is 2.52. The Kier molecular flexibility index (Phi) is 3.13. The fourth-order valence-electron chi connectivity index (χ4n) is 1.64. The minimum Gasteiger partial charge on any atom is -0.304 e. The van der Waals surface area contributed by atoms with Crippen molar-refractivity contribution in [1.82, 2.24) is 9.97 Å². The molecule has 19 heavy (non-hydrogen) atoms. The highest BCUT2D eigenvalue weighted by atomic mass is 19.4. The van der Waals surface area contributed by atoms with Gasteiger partial charge in [0.25, 0.3) is 5.56 Å². The van der Waals surface area contributed by atoms with Crippen molar-refractivity contribution < 1.29 is 17.6 Å². The summed E-state index contributed by atoms with van der Waals surface area (Å²) >= 11 is 0. The highest BCUT2D eigenvalue weighted by Gasteiger charge is 2.34. The Morgan fingerprint density at radius 3 is 2.42 bits per heavy atom. The molecule has 1 heterocycles. The van der Waals surface area contributed by atoms with Gasteiger partial charge in [0.1, 0.15) is 5.82 Å². The maximum Gasteiger partial charge on any atom is 0.417 e.